The number of carbonyl (C=O) groups excluding carboxylic acids is 1. The van der Waals surface area contributed by atoms with E-state index in [0.29, 0.717) is 17.0 Å². The molecule has 4 rings (SSSR count). The SMILES string of the molecule is Cc1onc(-c2ccccc2)c1C1=N/C(=C\c2cccc(Br)c2)C(=O)O1. The van der Waals surface area contributed by atoms with Crippen LogP contribution >= 0.6 is 15.9 Å². The van der Waals surface area contributed by atoms with Gasteiger partial charge in [0.05, 0.1) is 0 Å². The molecule has 0 radical (unpaired) electrons. The number of aliphatic imine (C=N–C) groups is 1. The molecular formula is C20H13BrN2O3. The van der Waals surface area contributed by atoms with Gasteiger partial charge in [0.1, 0.15) is 17.0 Å². The molecule has 1 aromatic heterocycles. The summed E-state index contributed by atoms with van der Waals surface area (Å²) >= 11 is 3.41. The summed E-state index contributed by atoms with van der Waals surface area (Å²) in [6.07, 6.45) is 1.69. The highest BCUT2D eigenvalue weighted by Gasteiger charge is 2.30. The van der Waals surface area contributed by atoms with Crippen LogP contribution in [0.5, 0.6) is 0 Å². The summed E-state index contributed by atoms with van der Waals surface area (Å²) in [5.74, 6) is 0.243. The largest absolute Gasteiger partial charge is 0.402 e. The van der Waals surface area contributed by atoms with E-state index >= 15 is 0 Å². The average Bonchev–Trinajstić information content (AvgIpc) is 3.18. The number of rotatable bonds is 3. The number of nitrogens with zero attached hydrogens (tertiary/aromatic N) is 2. The van der Waals surface area contributed by atoms with Gasteiger partial charge in [0, 0.05) is 10.0 Å². The maximum Gasteiger partial charge on any atom is 0.363 e. The van der Waals surface area contributed by atoms with Gasteiger partial charge < -0.3 is 9.26 Å². The minimum atomic E-state index is -0.500. The first-order valence-corrected chi connectivity index (χ1v) is 8.71. The number of aryl methyl sites for hydroxylation is 1. The Kier molecular flexibility index (Phi) is 4.26. The Labute approximate surface area is 158 Å². The van der Waals surface area contributed by atoms with Gasteiger partial charge in [-0.15, -0.1) is 0 Å². The number of hydrogen-bond acceptors (Lipinski definition) is 5. The summed E-state index contributed by atoms with van der Waals surface area (Å²) in [5, 5.41) is 4.10. The molecule has 0 spiro atoms. The summed E-state index contributed by atoms with van der Waals surface area (Å²) < 4.78 is 11.6. The van der Waals surface area contributed by atoms with Crippen molar-refractivity contribution in [1.82, 2.24) is 5.16 Å². The summed E-state index contributed by atoms with van der Waals surface area (Å²) in [7, 11) is 0. The predicted molar refractivity (Wildman–Crippen MR) is 101 cm³/mol. The number of aromatic nitrogens is 1. The Balaban J connectivity index is 1.76. The van der Waals surface area contributed by atoms with E-state index in [1.165, 1.54) is 0 Å². The molecule has 0 amide bonds. The molecule has 0 unspecified atom stereocenters. The molecule has 0 saturated heterocycles. The first kappa shape index (κ1) is 16.5. The highest BCUT2D eigenvalue weighted by Crippen LogP contribution is 2.29. The highest BCUT2D eigenvalue weighted by molar-refractivity contribution is 9.10. The molecule has 0 bridgehead atoms. The van der Waals surface area contributed by atoms with Gasteiger partial charge in [0.25, 0.3) is 0 Å². The van der Waals surface area contributed by atoms with Crippen LogP contribution in [0.25, 0.3) is 17.3 Å². The molecule has 0 atom stereocenters. The van der Waals surface area contributed by atoms with Gasteiger partial charge in [-0.3, -0.25) is 0 Å². The highest BCUT2D eigenvalue weighted by atomic mass is 79.9. The molecular weight excluding hydrogens is 396 g/mol. The molecule has 1 aliphatic heterocycles. The Bertz CT molecular complexity index is 1050. The lowest BCUT2D eigenvalue weighted by atomic mass is 10.1. The number of ether oxygens (including phenoxy) is 1. The van der Waals surface area contributed by atoms with Gasteiger partial charge in [-0.25, -0.2) is 9.79 Å². The first-order chi connectivity index (χ1) is 12.6. The molecule has 26 heavy (non-hydrogen) atoms. The Morgan fingerprint density at radius 1 is 1.08 bits per heavy atom. The van der Waals surface area contributed by atoms with E-state index in [4.69, 9.17) is 9.26 Å². The van der Waals surface area contributed by atoms with Crippen molar-refractivity contribution in [3.63, 3.8) is 0 Å². The van der Waals surface area contributed by atoms with Gasteiger partial charge in [-0.2, -0.15) is 0 Å². The third kappa shape index (κ3) is 3.11. The van der Waals surface area contributed by atoms with Crippen molar-refractivity contribution in [3.8, 4) is 11.3 Å². The van der Waals surface area contributed by atoms with Crippen molar-refractivity contribution in [3.05, 3.63) is 81.7 Å². The summed E-state index contributed by atoms with van der Waals surface area (Å²) in [5.41, 5.74) is 3.13. The third-order valence-electron chi connectivity index (χ3n) is 3.90. The second kappa shape index (κ2) is 6.72. The summed E-state index contributed by atoms with van der Waals surface area (Å²) in [6.45, 7) is 1.77. The minimum absolute atomic E-state index is 0.203. The van der Waals surface area contributed by atoms with Crippen molar-refractivity contribution in [1.29, 1.82) is 0 Å². The molecule has 3 aromatic rings. The van der Waals surface area contributed by atoms with E-state index in [9.17, 15) is 4.79 Å². The number of halogens is 1. The van der Waals surface area contributed by atoms with Gasteiger partial charge in [0.2, 0.25) is 5.90 Å². The number of cyclic esters (lactones) is 1. The van der Waals surface area contributed by atoms with Crippen LogP contribution in [0.1, 0.15) is 16.9 Å². The average molecular weight is 409 g/mol. The van der Waals surface area contributed by atoms with Gasteiger partial charge in [0.15, 0.2) is 5.70 Å². The molecule has 128 valence electrons. The smallest absolute Gasteiger partial charge is 0.363 e. The van der Waals surface area contributed by atoms with Crippen LogP contribution in [0.15, 0.2) is 74.3 Å². The lowest BCUT2D eigenvalue weighted by Gasteiger charge is -2.01. The summed E-state index contributed by atoms with van der Waals surface area (Å²) in [6, 6.07) is 17.1. The lowest BCUT2D eigenvalue weighted by molar-refractivity contribution is -0.129. The molecule has 0 saturated carbocycles. The van der Waals surface area contributed by atoms with Crippen LogP contribution < -0.4 is 0 Å². The molecule has 0 fully saturated rings. The zero-order chi connectivity index (χ0) is 18.1. The van der Waals surface area contributed by atoms with Crippen LogP contribution in [-0.2, 0) is 9.53 Å². The molecule has 6 heteroatoms. The van der Waals surface area contributed by atoms with Crippen LogP contribution in [0, 0.1) is 6.92 Å². The van der Waals surface area contributed by atoms with E-state index in [0.717, 1.165) is 15.6 Å². The van der Waals surface area contributed by atoms with E-state index < -0.39 is 5.97 Å². The van der Waals surface area contributed by atoms with Gasteiger partial charge in [-0.1, -0.05) is 63.6 Å². The standard InChI is InChI=1S/C20H13BrN2O3/c1-12-17(18(23-26-12)14-7-3-2-4-8-14)19-22-16(20(24)25-19)11-13-6-5-9-15(21)10-13/h2-11H,1H3/b16-11-. The molecule has 2 heterocycles. The first-order valence-electron chi connectivity index (χ1n) is 7.92. The van der Waals surface area contributed by atoms with Gasteiger partial charge in [-0.05, 0) is 30.7 Å². The van der Waals surface area contributed by atoms with Crippen LogP contribution in [0.2, 0.25) is 0 Å². The monoisotopic (exact) mass is 408 g/mol. The maximum atomic E-state index is 12.3. The third-order valence-corrected chi connectivity index (χ3v) is 4.39. The van der Waals surface area contributed by atoms with Crippen molar-refractivity contribution in [2.75, 3.05) is 0 Å². The Morgan fingerprint density at radius 3 is 2.65 bits per heavy atom. The molecule has 0 N–H and O–H groups in total. The fourth-order valence-electron chi connectivity index (χ4n) is 2.69. The maximum absolute atomic E-state index is 12.3. The quantitative estimate of drug-likeness (QED) is 0.462. The van der Waals surface area contributed by atoms with Crippen molar-refractivity contribution < 1.29 is 14.1 Å². The molecule has 1 aliphatic rings. The summed E-state index contributed by atoms with van der Waals surface area (Å²) in [4.78, 5) is 16.6. The van der Waals surface area contributed by atoms with Crippen molar-refractivity contribution >= 4 is 33.9 Å². The molecule has 5 nitrogen and oxygen atoms in total. The number of benzene rings is 2. The fourth-order valence-corrected chi connectivity index (χ4v) is 3.10. The molecule has 2 aromatic carbocycles. The van der Waals surface area contributed by atoms with Gasteiger partial charge >= 0.3 is 5.97 Å². The number of carbonyl (C=O) groups is 1. The molecule has 0 aliphatic carbocycles. The zero-order valence-corrected chi connectivity index (χ0v) is 15.4. The van der Waals surface area contributed by atoms with Crippen LogP contribution in [0.3, 0.4) is 0 Å². The van der Waals surface area contributed by atoms with E-state index in [1.807, 2.05) is 54.6 Å². The minimum Gasteiger partial charge on any atom is -0.402 e. The lowest BCUT2D eigenvalue weighted by Crippen LogP contribution is -2.07. The zero-order valence-electron chi connectivity index (χ0n) is 13.8. The topological polar surface area (TPSA) is 64.7 Å². The number of esters is 1. The second-order valence-corrected chi connectivity index (χ2v) is 6.64. The van der Waals surface area contributed by atoms with E-state index in [-0.39, 0.29) is 11.6 Å². The second-order valence-electron chi connectivity index (χ2n) is 5.72. The van der Waals surface area contributed by atoms with Crippen LogP contribution in [-0.4, -0.2) is 17.0 Å². The van der Waals surface area contributed by atoms with Crippen LogP contribution in [0.4, 0.5) is 0 Å². The van der Waals surface area contributed by atoms with E-state index in [2.05, 4.69) is 26.1 Å². The van der Waals surface area contributed by atoms with Crippen molar-refractivity contribution in [2.24, 2.45) is 4.99 Å². The van der Waals surface area contributed by atoms with E-state index in [1.54, 1.807) is 13.0 Å². The van der Waals surface area contributed by atoms with Crippen molar-refractivity contribution in [2.45, 2.75) is 6.92 Å². The predicted octanol–water partition coefficient (Wildman–Crippen LogP) is 4.76. The fraction of sp³-hybridized carbons (Fsp3) is 0.0500. The Morgan fingerprint density at radius 2 is 1.88 bits per heavy atom. The Hall–Kier alpha value is -2.99. The number of hydrogen-bond donors (Lipinski definition) is 0. The normalized spacial score (nSPS) is 15.2.